The third-order valence-corrected chi connectivity index (χ3v) is 18.3. The van der Waals surface area contributed by atoms with Crippen LogP contribution < -0.4 is 0 Å². The summed E-state index contributed by atoms with van der Waals surface area (Å²) < 4.78 is 68.3. The maximum atomic E-state index is 13.0. The highest BCUT2D eigenvalue weighted by molar-refractivity contribution is 7.47. The lowest BCUT2D eigenvalue weighted by Gasteiger charge is -2.21. The van der Waals surface area contributed by atoms with E-state index in [9.17, 15) is 43.2 Å². The summed E-state index contributed by atoms with van der Waals surface area (Å²) in [5.74, 6) is -0.667. The molecule has 0 rings (SSSR count). The van der Waals surface area contributed by atoms with E-state index in [0.29, 0.717) is 25.7 Å². The Morgan fingerprint density at radius 2 is 0.648 bits per heavy atom. The van der Waals surface area contributed by atoms with Crippen molar-refractivity contribution in [3.63, 3.8) is 0 Å². The van der Waals surface area contributed by atoms with Crippen LogP contribution in [0.4, 0.5) is 0 Å². The number of phosphoric ester groups is 2. The van der Waals surface area contributed by atoms with Crippen molar-refractivity contribution >= 4 is 39.5 Å². The van der Waals surface area contributed by atoms with Gasteiger partial charge in [0.15, 0.2) is 12.2 Å². The summed E-state index contributed by atoms with van der Waals surface area (Å²) in [6, 6.07) is 0. The maximum absolute atomic E-state index is 13.0. The Morgan fingerprint density at radius 3 is 0.989 bits per heavy atom. The zero-order chi connectivity index (χ0) is 67.2. The Morgan fingerprint density at radius 1 is 0.363 bits per heavy atom. The minimum atomic E-state index is -4.96. The molecular formula is C72H136O17P2. The van der Waals surface area contributed by atoms with Crippen molar-refractivity contribution in [2.24, 2.45) is 11.8 Å². The van der Waals surface area contributed by atoms with Gasteiger partial charge in [0.05, 0.1) is 26.4 Å². The fourth-order valence-electron chi connectivity index (χ4n) is 10.4. The van der Waals surface area contributed by atoms with E-state index in [1.165, 1.54) is 141 Å². The number of unbranched alkanes of at least 4 members (excludes halogenated alkanes) is 35. The minimum Gasteiger partial charge on any atom is -0.462 e. The lowest BCUT2D eigenvalue weighted by atomic mass is 10.00. The first-order chi connectivity index (χ1) is 43.9. The molecule has 19 heteroatoms. The van der Waals surface area contributed by atoms with Crippen molar-refractivity contribution in [2.75, 3.05) is 39.6 Å². The fourth-order valence-corrected chi connectivity index (χ4v) is 12.0. The van der Waals surface area contributed by atoms with Gasteiger partial charge in [-0.15, -0.1) is 0 Å². The molecule has 3 N–H and O–H groups in total. The molecule has 0 aromatic heterocycles. The summed E-state index contributed by atoms with van der Waals surface area (Å²) in [7, 11) is -9.92. The van der Waals surface area contributed by atoms with Crippen LogP contribution in [0.1, 0.15) is 343 Å². The van der Waals surface area contributed by atoms with Gasteiger partial charge in [0, 0.05) is 25.7 Å². The van der Waals surface area contributed by atoms with Gasteiger partial charge < -0.3 is 33.8 Å². The molecule has 0 aliphatic rings. The maximum Gasteiger partial charge on any atom is 0.472 e. The number of hydrogen-bond donors (Lipinski definition) is 3. The number of esters is 4. The molecule has 0 aliphatic carbocycles. The second-order valence-corrected chi connectivity index (χ2v) is 28.9. The van der Waals surface area contributed by atoms with Gasteiger partial charge in [-0.1, -0.05) is 291 Å². The molecule has 0 radical (unpaired) electrons. The smallest absolute Gasteiger partial charge is 0.462 e. The molecule has 0 amide bonds. The number of aliphatic hydroxyl groups excluding tert-OH is 1. The Labute approximate surface area is 554 Å². The predicted octanol–water partition coefficient (Wildman–Crippen LogP) is 20.3. The second-order valence-electron chi connectivity index (χ2n) is 26.0. The summed E-state index contributed by atoms with van der Waals surface area (Å²) in [5.41, 5.74) is 0. The number of phosphoric acid groups is 2. The van der Waals surface area contributed by atoms with Crippen LogP contribution in [0.5, 0.6) is 0 Å². The van der Waals surface area contributed by atoms with Crippen LogP contribution in [-0.4, -0.2) is 96.7 Å². The second kappa shape index (κ2) is 63.6. The topological polar surface area (TPSA) is 237 Å². The fraction of sp³-hybridized carbons (Fsp3) is 0.889. The summed E-state index contributed by atoms with van der Waals surface area (Å²) >= 11 is 0. The van der Waals surface area contributed by atoms with E-state index in [4.69, 9.17) is 37.0 Å². The van der Waals surface area contributed by atoms with Gasteiger partial charge in [0.1, 0.15) is 19.3 Å². The molecule has 6 atom stereocenters. The Hall–Kier alpha value is -2.46. The zero-order valence-electron chi connectivity index (χ0n) is 58.6. The van der Waals surface area contributed by atoms with Gasteiger partial charge in [-0.25, -0.2) is 9.13 Å². The van der Waals surface area contributed by atoms with Gasteiger partial charge in [-0.2, -0.15) is 0 Å². The van der Waals surface area contributed by atoms with E-state index >= 15 is 0 Å². The van der Waals surface area contributed by atoms with Crippen LogP contribution >= 0.6 is 15.6 Å². The number of ether oxygens (including phenoxy) is 4. The Balaban J connectivity index is 5.30. The van der Waals surface area contributed by atoms with Gasteiger partial charge in [0.25, 0.3) is 0 Å². The first kappa shape index (κ1) is 88.5. The molecule has 0 fully saturated rings. The van der Waals surface area contributed by atoms with Crippen LogP contribution in [0.25, 0.3) is 0 Å². The molecule has 0 heterocycles. The summed E-state index contributed by atoms with van der Waals surface area (Å²) in [6.45, 7) is 9.45. The number of carbonyl (C=O) groups is 4. The summed E-state index contributed by atoms with van der Waals surface area (Å²) in [5, 5.41) is 10.6. The van der Waals surface area contributed by atoms with Crippen molar-refractivity contribution < 1.29 is 80.2 Å². The lowest BCUT2D eigenvalue weighted by Crippen LogP contribution is -2.30. The highest BCUT2D eigenvalue weighted by atomic mass is 31.2. The lowest BCUT2D eigenvalue weighted by molar-refractivity contribution is -0.161. The largest absolute Gasteiger partial charge is 0.472 e. The summed E-state index contributed by atoms with van der Waals surface area (Å²) in [6.07, 6.45) is 52.1. The Bertz CT molecular complexity index is 1860. The number of rotatable bonds is 69. The van der Waals surface area contributed by atoms with Crippen molar-refractivity contribution in [2.45, 2.75) is 362 Å². The average Bonchev–Trinajstić information content (AvgIpc) is 3.54. The first-order valence-corrected chi connectivity index (χ1v) is 39.8. The van der Waals surface area contributed by atoms with E-state index < -0.39 is 97.5 Å². The number of carbonyl (C=O) groups excluding carboxylic acids is 4. The number of allylic oxidation sites excluding steroid dienone is 4. The molecule has 0 saturated carbocycles. The van der Waals surface area contributed by atoms with Gasteiger partial charge in [0.2, 0.25) is 0 Å². The molecule has 91 heavy (non-hydrogen) atoms. The van der Waals surface area contributed by atoms with Crippen LogP contribution in [-0.2, 0) is 65.4 Å². The molecule has 0 aromatic carbocycles. The van der Waals surface area contributed by atoms with E-state index in [2.05, 4.69) is 65.8 Å². The zero-order valence-corrected chi connectivity index (χ0v) is 60.4. The minimum absolute atomic E-state index is 0.0846. The Kier molecular flexibility index (Phi) is 61.9. The van der Waals surface area contributed by atoms with Crippen molar-refractivity contribution in [3.8, 4) is 0 Å². The van der Waals surface area contributed by atoms with Crippen LogP contribution in [0.3, 0.4) is 0 Å². The highest BCUT2D eigenvalue weighted by Gasteiger charge is 2.30. The van der Waals surface area contributed by atoms with Crippen molar-refractivity contribution in [1.29, 1.82) is 0 Å². The van der Waals surface area contributed by atoms with E-state index in [0.717, 1.165) is 121 Å². The standard InChI is InChI=1S/C72H136O17P2/c1-7-10-12-14-16-18-20-22-23-25-27-33-37-45-51-57-71(76)88-67(60-82-69(74)54-48-42-35-31-29-28-30-34-40-46-52-64(4)5)62-86-90(78,79)84-58-66(73)59-85-91(80,81)87-63-68(61-83-70(75)55-49-43-39-38-41-47-53-65(6)9-3)89-72(77)56-50-44-36-32-26-24-21-19-17-15-13-11-8-2/h18,20,22-23,64-68,73H,7-17,19,21,24-63H2,1-6H3,(H,78,79)(H,80,81)/b20-18-,23-22-/t65?,66-,67-,68-/m1/s1. The molecule has 0 aromatic rings. The van der Waals surface area contributed by atoms with Crippen LogP contribution in [0.15, 0.2) is 24.3 Å². The van der Waals surface area contributed by atoms with Gasteiger partial charge >= 0.3 is 39.5 Å². The molecule has 0 spiro atoms. The molecule has 3 unspecified atom stereocenters. The summed E-state index contributed by atoms with van der Waals surface area (Å²) in [4.78, 5) is 72.6. The molecule has 0 bridgehead atoms. The highest BCUT2D eigenvalue weighted by Crippen LogP contribution is 2.45. The molecule has 536 valence electrons. The first-order valence-electron chi connectivity index (χ1n) is 36.8. The average molecular weight is 1340 g/mol. The van der Waals surface area contributed by atoms with Crippen molar-refractivity contribution in [1.82, 2.24) is 0 Å². The van der Waals surface area contributed by atoms with Gasteiger partial charge in [-0.3, -0.25) is 37.3 Å². The van der Waals surface area contributed by atoms with E-state index in [1.54, 1.807) is 0 Å². The normalized spacial score (nSPS) is 14.6. The molecule has 0 aliphatic heterocycles. The van der Waals surface area contributed by atoms with Crippen LogP contribution in [0, 0.1) is 11.8 Å². The third-order valence-electron chi connectivity index (χ3n) is 16.4. The third kappa shape index (κ3) is 64.6. The SMILES string of the molecule is CCCCCC/C=C\C=C/CCCCCCCC(=O)O[C@H](COC(=O)CCCCCCCCCCCCC(C)C)COP(=O)(O)OC[C@@H](O)COP(=O)(O)OC[C@@H](COC(=O)CCCCCCCCC(C)CC)OC(=O)CCCCCCCCCCCCCCC. The van der Waals surface area contributed by atoms with E-state index in [-0.39, 0.29) is 25.7 Å². The van der Waals surface area contributed by atoms with Gasteiger partial charge in [-0.05, 0) is 63.2 Å². The number of hydrogen-bond acceptors (Lipinski definition) is 15. The quantitative estimate of drug-likeness (QED) is 0.0169. The monoisotopic (exact) mass is 1330 g/mol. The molecular weight excluding hydrogens is 1200 g/mol. The van der Waals surface area contributed by atoms with E-state index in [1.807, 2.05) is 0 Å². The molecule has 17 nitrogen and oxygen atoms in total. The van der Waals surface area contributed by atoms with Crippen LogP contribution in [0.2, 0.25) is 0 Å². The number of aliphatic hydroxyl groups is 1. The molecule has 0 saturated heterocycles. The van der Waals surface area contributed by atoms with Crippen molar-refractivity contribution in [3.05, 3.63) is 24.3 Å². The predicted molar refractivity (Wildman–Crippen MR) is 367 cm³/mol.